The van der Waals surface area contributed by atoms with E-state index in [0.717, 1.165) is 16.7 Å². The van der Waals surface area contributed by atoms with E-state index in [9.17, 15) is 0 Å². The first-order valence-corrected chi connectivity index (χ1v) is 4.91. The van der Waals surface area contributed by atoms with Crippen molar-refractivity contribution in [1.82, 2.24) is 9.97 Å². The Morgan fingerprint density at radius 2 is 2.27 bits per heavy atom. The van der Waals surface area contributed by atoms with E-state index in [2.05, 4.69) is 15.3 Å². The minimum atomic E-state index is 0.631. The maximum absolute atomic E-state index is 5.40. The van der Waals surface area contributed by atoms with Crippen LogP contribution in [0.25, 0.3) is 10.9 Å². The molecular formula is C11H13N3O. The Kier molecular flexibility index (Phi) is 2.67. The number of hydrogen-bond acceptors (Lipinski definition) is 4. The molecule has 0 saturated heterocycles. The largest absolute Gasteiger partial charge is 0.494 e. The summed E-state index contributed by atoms with van der Waals surface area (Å²) >= 11 is 0. The Labute approximate surface area is 88.3 Å². The topological polar surface area (TPSA) is 47.0 Å². The second-order valence-electron chi connectivity index (χ2n) is 3.10. The highest BCUT2D eigenvalue weighted by molar-refractivity contribution is 5.80. The van der Waals surface area contributed by atoms with Crippen LogP contribution in [0, 0.1) is 0 Å². The number of anilines is 1. The third-order valence-corrected chi connectivity index (χ3v) is 2.09. The van der Waals surface area contributed by atoms with Gasteiger partial charge in [0.2, 0.25) is 5.95 Å². The van der Waals surface area contributed by atoms with Crippen LogP contribution in [0.15, 0.2) is 24.4 Å². The van der Waals surface area contributed by atoms with E-state index in [1.807, 2.05) is 25.1 Å². The lowest BCUT2D eigenvalue weighted by molar-refractivity contribution is 0.340. The lowest BCUT2D eigenvalue weighted by Crippen LogP contribution is -1.96. The molecule has 0 aliphatic heterocycles. The van der Waals surface area contributed by atoms with Gasteiger partial charge in [0.05, 0.1) is 12.1 Å². The lowest BCUT2D eigenvalue weighted by atomic mass is 10.2. The van der Waals surface area contributed by atoms with Crippen LogP contribution >= 0.6 is 0 Å². The molecule has 0 amide bonds. The molecule has 0 aliphatic carbocycles. The van der Waals surface area contributed by atoms with Crippen LogP contribution in [-0.2, 0) is 0 Å². The van der Waals surface area contributed by atoms with Gasteiger partial charge in [-0.1, -0.05) is 0 Å². The summed E-state index contributed by atoms with van der Waals surface area (Å²) in [5.74, 6) is 1.48. The van der Waals surface area contributed by atoms with Crippen molar-refractivity contribution in [1.29, 1.82) is 0 Å². The van der Waals surface area contributed by atoms with Crippen molar-refractivity contribution in [2.75, 3.05) is 19.0 Å². The highest BCUT2D eigenvalue weighted by atomic mass is 16.5. The standard InChI is InChI=1S/C11H13N3O/c1-3-15-9-4-5-10-8(6-9)7-13-11(12-2)14-10/h4-7H,3H2,1-2H3,(H,12,13,14). The van der Waals surface area contributed by atoms with Crippen molar-refractivity contribution in [2.45, 2.75) is 6.92 Å². The highest BCUT2D eigenvalue weighted by Crippen LogP contribution is 2.19. The Hall–Kier alpha value is -1.84. The number of nitrogens with zero attached hydrogens (tertiary/aromatic N) is 2. The highest BCUT2D eigenvalue weighted by Gasteiger charge is 2.00. The van der Waals surface area contributed by atoms with Crippen molar-refractivity contribution >= 4 is 16.9 Å². The van der Waals surface area contributed by atoms with E-state index in [1.165, 1.54) is 0 Å². The van der Waals surface area contributed by atoms with Gasteiger partial charge in [-0.05, 0) is 25.1 Å². The fourth-order valence-corrected chi connectivity index (χ4v) is 1.39. The quantitative estimate of drug-likeness (QED) is 0.829. The Bertz CT molecular complexity index is 470. The number of rotatable bonds is 3. The molecule has 0 fully saturated rings. The zero-order valence-corrected chi connectivity index (χ0v) is 8.82. The maximum Gasteiger partial charge on any atom is 0.222 e. The van der Waals surface area contributed by atoms with Gasteiger partial charge in [-0.3, -0.25) is 0 Å². The van der Waals surface area contributed by atoms with E-state index in [4.69, 9.17) is 4.74 Å². The zero-order chi connectivity index (χ0) is 10.7. The summed E-state index contributed by atoms with van der Waals surface area (Å²) in [6.45, 7) is 2.63. The molecule has 78 valence electrons. The van der Waals surface area contributed by atoms with Crippen LogP contribution < -0.4 is 10.1 Å². The van der Waals surface area contributed by atoms with Crippen LogP contribution in [0.4, 0.5) is 5.95 Å². The molecule has 1 aromatic carbocycles. The fraction of sp³-hybridized carbons (Fsp3) is 0.273. The normalized spacial score (nSPS) is 10.3. The molecule has 1 aromatic heterocycles. The zero-order valence-electron chi connectivity index (χ0n) is 8.82. The molecule has 0 radical (unpaired) electrons. The van der Waals surface area contributed by atoms with Gasteiger partial charge in [0.15, 0.2) is 0 Å². The van der Waals surface area contributed by atoms with Crippen LogP contribution in [-0.4, -0.2) is 23.6 Å². The third kappa shape index (κ3) is 1.98. The van der Waals surface area contributed by atoms with Gasteiger partial charge in [0.1, 0.15) is 5.75 Å². The van der Waals surface area contributed by atoms with Gasteiger partial charge < -0.3 is 10.1 Å². The number of benzene rings is 1. The molecule has 2 aromatic rings. The van der Waals surface area contributed by atoms with Gasteiger partial charge >= 0.3 is 0 Å². The predicted octanol–water partition coefficient (Wildman–Crippen LogP) is 2.07. The van der Waals surface area contributed by atoms with Crippen molar-refractivity contribution in [3.05, 3.63) is 24.4 Å². The van der Waals surface area contributed by atoms with Gasteiger partial charge in [-0.25, -0.2) is 9.97 Å². The summed E-state index contributed by atoms with van der Waals surface area (Å²) in [7, 11) is 1.80. The molecule has 0 bridgehead atoms. The molecule has 2 rings (SSSR count). The third-order valence-electron chi connectivity index (χ3n) is 2.09. The van der Waals surface area contributed by atoms with Crippen LogP contribution in [0.5, 0.6) is 5.75 Å². The monoisotopic (exact) mass is 203 g/mol. The van der Waals surface area contributed by atoms with Crippen LogP contribution in [0.1, 0.15) is 6.92 Å². The molecular weight excluding hydrogens is 190 g/mol. The number of ether oxygens (including phenoxy) is 1. The summed E-state index contributed by atoms with van der Waals surface area (Å²) in [5.41, 5.74) is 0.915. The van der Waals surface area contributed by atoms with E-state index < -0.39 is 0 Å². The summed E-state index contributed by atoms with van der Waals surface area (Å²) in [6.07, 6.45) is 1.79. The molecule has 0 spiro atoms. The molecule has 0 aliphatic rings. The van der Waals surface area contributed by atoms with E-state index in [0.29, 0.717) is 12.6 Å². The minimum Gasteiger partial charge on any atom is -0.494 e. The number of hydrogen-bond donors (Lipinski definition) is 1. The number of fused-ring (bicyclic) bond motifs is 1. The molecule has 0 saturated carbocycles. The Balaban J connectivity index is 2.45. The molecule has 1 heterocycles. The predicted molar refractivity (Wildman–Crippen MR) is 60.3 cm³/mol. The van der Waals surface area contributed by atoms with Crippen molar-refractivity contribution in [2.24, 2.45) is 0 Å². The van der Waals surface area contributed by atoms with E-state index in [-0.39, 0.29) is 0 Å². The summed E-state index contributed by atoms with van der Waals surface area (Å²) in [6, 6.07) is 5.79. The number of aromatic nitrogens is 2. The van der Waals surface area contributed by atoms with Crippen molar-refractivity contribution in [3.63, 3.8) is 0 Å². The van der Waals surface area contributed by atoms with Crippen molar-refractivity contribution in [3.8, 4) is 5.75 Å². The molecule has 4 heteroatoms. The number of nitrogens with one attached hydrogen (secondary N) is 1. The Morgan fingerprint density at radius 3 is 3.00 bits per heavy atom. The summed E-state index contributed by atoms with van der Waals surface area (Å²) in [4.78, 5) is 8.47. The second-order valence-corrected chi connectivity index (χ2v) is 3.10. The van der Waals surface area contributed by atoms with Gasteiger partial charge in [0, 0.05) is 18.6 Å². The van der Waals surface area contributed by atoms with Crippen LogP contribution in [0.2, 0.25) is 0 Å². The Morgan fingerprint density at radius 1 is 1.40 bits per heavy atom. The summed E-state index contributed by atoms with van der Waals surface area (Å²) in [5, 5.41) is 3.89. The second kappa shape index (κ2) is 4.13. The fourth-order valence-electron chi connectivity index (χ4n) is 1.39. The van der Waals surface area contributed by atoms with E-state index in [1.54, 1.807) is 13.2 Å². The first-order valence-electron chi connectivity index (χ1n) is 4.91. The molecule has 0 unspecified atom stereocenters. The summed E-state index contributed by atoms with van der Waals surface area (Å²) < 4.78 is 5.40. The maximum atomic E-state index is 5.40. The van der Waals surface area contributed by atoms with Crippen molar-refractivity contribution < 1.29 is 4.74 Å². The minimum absolute atomic E-state index is 0.631. The van der Waals surface area contributed by atoms with Gasteiger partial charge in [0.25, 0.3) is 0 Å². The molecule has 1 N–H and O–H groups in total. The molecule has 4 nitrogen and oxygen atoms in total. The first-order chi connectivity index (χ1) is 7.33. The van der Waals surface area contributed by atoms with Gasteiger partial charge in [-0.15, -0.1) is 0 Å². The first kappa shape index (κ1) is 9.71. The molecule has 15 heavy (non-hydrogen) atoms. The van der Waals surface area contributed by atoms with Crippen LogP contribution in [0.3, 0.4) is 0 Å². The lowest BCUT2D eigenvalue weighted by Gasteiger charge is -2.04. The average molecular weight is 203 g/mol. The van der Waals surface area contributed by atoms with E-state index >= 15 is 0 Å². The van der Waals surface area contributed by atoms with Gasteiger partial charge in [-0.2, -0.15) is 0 Å². The molecule has 0 atom stereocenters. The average Bonchev–Trinajstić information content (AvgIpc) is 2.29. The SMILES string of the molecule is CCOc1ccc2nc(NC)ncc2c1. The smallest absolute Gasteiger partial charge is 0.222 e.